The molecule has 0 amide bonds. The maximum Gasteiger partial charge on any atom is 0.227 e. The summed E-state index contributed by atoms with van der Waals surface area (Å²) >= 11 is 0. The Morgan fingerprint density at radius 1 is 1.12 bits per heavy atom. The first-order valence-electron chi connectivity index (χ1n) is 9.49. The minimum Gasteiger partial charge on any atom is -0.504 e. The molecule has 0 radical (unpaired) electrons. The largest absolute Gasteiger partial charge is 0.504 e. The molecule has 0 heterocycles. The molecule has 0 aromatic carbocycles. The van der Waals surface area contributed by atoms with Gasteiger partial charge in [-0.05, 0) is 54.3 Å². The lowest BCUT2D eigenvalue weighted by atomic mass is 9.46. The number of carbonyl (C=O) groups excluding carboxylic acids is 2. The van der Waals surface area contributed by atoms with Crippen LogP contribution in [0, 0.1) is 28.6 Å². The molecule has 2 fully saturated rings. The molecule has 25 heavy (non-hydrogen) atoms. The predicted octanol–water partition coefficient (Wildman–Crippen LogP) is 4.66. The fraction of sp³-hybridized carbons (Fsp3) is 0.714. The second-order valence-electron chi connectivity index (χ2n) is 9.32. The van der Waals surface area contributed by atoms with Gasteiger partial charge in [0.15, 0.2) is 11.5 Å². The summed E-state index contributed by atoms with van der Waals surface area (Å²) in [5.41, 5.74) is 0.468. The monoisotopic (exact) mass is 346 g/mol. The molecule has 3 aliphatic carbocycles. The van der Waals surface area contributed by atoms with Gasteiger partial charge in [-0.2, -0.15) is 0 Å². The molecule has 4 atom stereocenters. The maximum atomic E-state index is 12.4. The predicted molar refractivity (Wildman–Crippen MR) is 96.1 cm³/mol. The summed E-state index contributed by atoms with van der Waals surface area (Å²) in [4.78, 5) is 24.2. The first-order chi connectivity index (χ1) is 11.6. The Bertz CT molecular complexity index is 669. The van der Waals surface area contributed by atoms with Crippen molar-refractivity contribution in [2.24, 2.45) is 28.6 Å². The molecule has 0 aromatic heterocycles. The van der Waals surface area contributed by atoms with Crippen LogP contribution in [-0.2, 0) is 9.59 Å². The van der Waals surface area contributed by atoms with Crippen molar-refractivity contribution in [2.75, 3.05) is 0 Å². The fourth-order valence-corrected chi connectivity index (χ4v) is 6.12. The molecule has 3 aliphatic rings. The van der Waals surface area contributed by atoms with Gasteiger partial charge in [0.25, 0.3) is 0 Å². The van der Waals surface area contributed by atoms with Crippen molar-refractivity contribution in [1.29, 1.82) is 0 Å². The van der Waals surface area contributed by atoms with Crippen molar-refractivity contribution in [1.82, 2.24) is 0 Å². The molecule has 2 saturated carbocycles. The third kappa shape index (κ3) is 2.84. The molecule has 4 heteroatoms. The highest BCUT2D eigenvalue weighted by Gasteiger charge is 2.54. The lowest BCUT2D eigenvalue weighted by molar-refractivity contribution is -0.120. The molecule has 4 nitrogen and oxygen atoms in total. The molecular weight excluding hydrogens is 316 g/mol. The fourth-order valence-electron chi connectivity index (χ4n) is 6.12. The number of aliphatic hydroxyl groups excluding tert-OH is 2. The lowest BCUT2D eigenvalue weighted by Crippen LogP contribution is -2.51. The zero-order valence-electron chi connectivity index (χ0n) is 15.8. The van der Waals surface area contributed by atoms with Gasteiger partial charge >= 0.3 is 0 Å². The quantitative estimate of drug-likeness (QED) is 0.713. The number of hydrogen-bond donors (Lipinski definition) is 2. The first-order valence-corrected chi connectivity index (χ1v) is 9.49. The van der Waals surface area contributed by atoms with E-state index in [-0.39, 0.29) is 22.3 Å². The van der Waals surface area contributed by atoms with Gasteiger partial charge in [0.05, 0.1) is 0 Å². The van der Waals surface area contributed by atoms with Crippen molar-refractivity contribution in [3.8, 4) is 0 Å². The minimum absolute atomic E-state index is 0.0901. The van der Waals surface area contributed by atoms with E-state index in [0.717, 1.165) is 18.9 Å². The third-order valence-corrected chi connectivity index (χ3v) is 7.44. The Hall–Kier alpha value is -1.58. The highest BCUT2D eigenvalue weighted by molar-refractivity contribution is 6.20. The van der Waals surface area contributed by atoms with E-state index in [2.05, 4.69) is 27.7 Å². The van der Waals surface area contributed by atoms with Gasteiger partial charge in [0, 0.05) is 11.6 Å². The molecule has 0 spiro atoms. The normalized spacial score (nSPS) is 38.4. The van der Waals surface area contributed by atoms with Crippen LogP contribution < -0.4 is 0 Å². The zero-order chi connectivity index (χ0) is 18.6. The highest BCUT2D eigenvalue weighted by Crippen LogP contribution is 2.62. The van der Waals surface area contributed by atoms with Crippen molar-refractivity contribution >= 4 is 11.6 Å². The zero-order valence-corrected chi connectivity index (χ0v) is 15.8. The molecule has 0 aromatic rings. The van der Waals surface area contributed by atoms with Crippen LogP contribution in [0.25, 0.3) is 0 Å². The Morgan fingerprint density at radius 2 is 1.80 bits per heavy atom. The second-order valence-corrected chi connectivity index (χ2v) is 9.32. The molecule has 3 rings (SSSR count). The number of hydrogen-bond acceptors (Lipinski definition) is 4. The van der Waals surface area contributed by atoms with E-state index in [1.165, 1.54) is 19.3 Å². The number of aliphatic hydroxyl groups is 2. The molecular formula is C21H30O4. The van der Waals surface area contributed by atoms with E-state index in [1.54, 1.807) is 0 Å². The van der Waals surface area contributed by atoms with Gasteiger partial charge in [0.2, 0.25) is 11.6 Å². The van der Waals surface area contributed by atoms with Crippen molar-refractivity contribution < 1.29 is 19.8 Å². The summed E-state index contributed by atoms with van der Waals surface area (Å²) in [7, 11) is 0. The van der Waals surface area contributed by atoms with Crippen LogP contribution >= 0.6 is 0 Å². The number of carbonyl (C=O) groups is 2. The highest BCUT2D eigenvalue weighted by atomic mass is 16.3. The van der Waals surface area contributed by atoms with Gasteiger partial charge in [-0.3, -0.25) is 9.59 Å². The number of allylic oxidation sites excluding steroid dienone is 2. The smallest absolute Gasteiger partial charge is 0.227 e. The van der Waals surface area contributed by atoms with Crippen LogP contribution in [0.2, 0.25) is 0 Å². The topological polar surface area (TPSA) is 74.6 Å². The van der Waals surface area contributed by atoms with E-state index in [1.807, 2.05) is 0 Å². The second kappa shape index (κ2) is 6.00. The van der Waals surface area contributed by atoms with Gasteiger partial charge in [-0.1, -0.05) is 40.5 Å². The van der Waals surface area contributed by atoms with E-state index >= 15 is 0 Å². The summed E-state index contributed by atoms with van der Waals surface area (Å²) in [6.45, 7) is 9.25. The maximum absolute atomic E-state index is 12.4. The molecule has 0 aliphatic heterocycles. The summed E-state index contributed by atoms with van der Waals surface area (Å²) in [5, 5.41) is 19.9. The van der Waals surface area contributed by atoms with Gasteiger partial charge in [-0.15, -0.1) is 0 Å². The van der Waals surface area contributed by atoms with E-state index in [4.69, 9.17) is 0 Å². The Kier molecular flexibility index (Phi) is 4.37. The molecule has 138 valence electrons. The van der Waals surface area contributed by atoms with Gasteiger partial charge in [-0.25, -0.2) is 0 Å². The van der Waals surface area contributed by atoms with Crippen LogP contribution in [0.15, 0.2) is 23.2 Å². The van der Waals surface area contributed by atoms with Crippen molar-refractivity contribution in [2.45, 2.75) is 66.2 Å². The minimum atomic E-state index is -0.666. The van der Waals surface area contributed by atoms with Crippen LogP contribution in [0.4, 0.5) is 0 Å². The summed E-state index contributed by atoms with van der Waals surface area (Å²) < 4.78 is 0. The molecule has 0 bridgehead atoms. The van der Waals surface area contributed by atoms with Crippen LogP contribution in [-0.4, -0.2) is 21.8 Å². The lowest BCUT2D eigenvalue weighted by Gasteiger charge is -2.59. The number of ketones is 2. The Balaban J connectivity index is 1.96. The molecule has 0 saturated heterocycles. The summed E-state index contributed by atoms with van der Waals surface area (Å²) in [6, 6.07) is 0. The Morgan fingerprint density at radius 3 is 2.48 bits per heavy atom. The average molecular weight is 346 g/mol. The third-order valence-electron chi connectivity index (χ3n) is 7.44. The van der Waals surface area contributed by atoms with Crippen LogP contribution in [0.1, 0.15) is 66.2 Å². The van der Waals surface area contributed by atoms with E-state index in [0.29, 0.717) is 18.3 Å². The van der Waals surface area contributed by atoms with Gasteiger partial charge < -0.3 is 10.2 Å². The average Bonchev–Trinajstić information content (AvgIpc) is 2.51. The molecule has 0 unspecified atom stereocenters. The number of Topliss-reactive ketones (excluding diaryl/α,β-unsaturated/α-hetero) is 1. The molecule has 2 N–H and O–H groups in total. The van der Waals surface area contributed by atoms with Crippen LogP contribution in [0.3, 0.4) is 0 Å². The standard InChI is InChI=1S/C21H30O4/c1-12-6-7-17-20(2,3)8-5-9-21(17,4)14(12)10-13-18(24)15(22)11-16(23)19(13)25/h11-12,14,17,22,25H,5-10H2,1-4H3/t12-,14-,17-,21+/m0/s1. The van der Waals surface area contributed by atoms with E-state index < -0.39 is 23.1 Å². The SMILES string of the molecule is C[C@H]1CC[C@H]2C(C)(C)CCC[C@]2(C)[C@H]1CC1=C(O)C(=O)C=C(O)C1=O. The number of rotatable bonds is 2. The Labute approximate surface area is 150 Å². The van der Waals surface area contributed by atoms with Crippen molar-refractivity contribution in [3.05, 3.63) is 23.2 Å². The summed E-state index contributed by atoms with van der Waals surface area (Å²) in [6.07, 6.45) is 7.01. The first kappa shape index (κ1) is 18.2. The van der Waals surface area contributed by atoms with Crippen molar-refractivity contribution in [3.63, 3.8) is 0 Å². The number of fused-ring (bicyclic) bond motifs is 1. The van der Waals surface area contributed by atoms with Crippen LogP contribution in [0.5, 0.6) is 0 Å². The van der Waals surface area contributed by atoms with Gasteiger partial charge in [0.1, 0.15) is 0 Å². The summed E-state index contributed by atoms with van der Waals surface area (Å²) in [5.74, 6) is -1.05. The van der Waals surface area contributed by atoms with E-state index in [9.17, 15) is 19.8 Å².